The van der Waals surface area contributed by atoms with Gasteiger partial charge in [0.15, 0.2) is 0 Å². The molecule has 1 aromatic heterocycles. The minimum atomic E-state index is 0.121. The summed E-state index contributed by atoms with van der Waals surface area (Å²) in [5, 5.41) is 0.979. The molecule has 0 aliphatic carbocycles. The van der Waals surface area contributed by atoms with Crippen molar-refractivity contribution in [3.63, 3.8) is 0 Å². The van der Waals surface area contributed by atoms with Crippen molar-refractivity contribution in [3.05, 3.63) is 40.0 Å². The topological polar surface area (TPSA) is 51.8 Å². The number of nitrogen functional groups attached to an aromatic ring is 1. The fourth-order valence-corrected chi connectivity index (χ4v) is 2.39. The summed E-state index contributed by atoms with van der Waals surface area (Å²) in [6.07, 6.45) is 0.810. The first-order chi connectivity index (χ1) is 9.26. The molecule has 1 heterocycles. The van der Waals surface area contributed by atoms with Gasteiger partial charge in [0, 0.05) is 11.3 Å². The zero-order chi connectivity index (χ0) is 14.9. The van der Waals surface area contributed by atoms with Crippen LogP contribution in [0.4, 0.5) is 5.95 Å². The Balaban J connectivity index is 2.50. The van der Waals surface area contributed by atoms with Crippen LogP contribution >= 0.6 is 23.2 Å². The van der Waals surface area contributed by atoms with Crippen LogP contribution in [-0.4, -0.2) is 9.97 Å². The average Bonchev–Trinajstić information content (AvgIpc) is 2.29. The smallest absolute Gasteiger partial charge is 0.220 e. The third-order valence-electron chi connectivity index (χ3n) is 2.74. The van der Waals surface area contributed by atoms with Gasteiger partial charge in [0.05, 0.1) is 15.7 Å². The molecule has 2 N–H and O–H groups in total. The quantitative estimate of drug-likeness (QED) is 0.880. The van der Waals surface area contributed by atoms with Crippen molar-refractivity contribution in [1.29, 1.82) is 0 Å². The maximum absolute atomic E-state index is 6.23. The van der Waals surface area contributed by atoms with Crippen molar-refractivity contribution in [1.82, 2.24) is 9.97 Å². The highest BCUT2D eigenvalue weighted by atomic mass is 35.5. The predicted octanol–water partition coefficient (Wildman–Crippen LogP) is 4.62. The highest BCUT2D eigenvalue weighted by Gasteiger charge is 2.15. The van der Waals surface area contributed by atoms with E-state index < -0.39 is 0 Å². The van der Waals surface area contributed by atoms with Crippen molar-refractivity contribution >= 4 is 29.2 Å². The molecule has 0 bridgehead atoms. The molecule has 0 atom stereocenters. The summed E-state index contributed by atoms with van der Waals surface area (Å²) >= 11 is 12.3. The standard InChI is InChI=1S/C15H17Cl2N3/c1-15(2,3)8-9-7-12(20-14(18)19-9)10-5-4-6-11(16)13(10)17/h4-7H,8H2,1-3H3,(H2,18,19,20). The maximum atomic E-state index is 6.23. The number of hydrogen-bond donors (Lipinski definition) is 1. The Kier molecular flexibility index (Phi) is 4.21. The number of nitrogens with zero attached hydrogens (tertiary/aromatic N) is 2. The molecule has 0 unspecified atom stereocenters. The minimum absolute atomic E-state index is 0.121. The van der Waals surface area contributed by atoms with E-state index in [1.165, 1.54) is 0 Å². The molecular weight excluding hydrogens is 293 g/mol. The van der Waals surface area contributed by atoms with Gasteiger partial charge in [-0.25, -0.2) is 9.97 Å². The molecule has 20 heavy (non-hydrogen) atoms. The van der Waals surface area contributed by atoms with E-state index in [1.807, 2.05) is 18.2 Å². The third-order valence-corrected chi connectivity index (χ3v) is 3.55. The Bertz CT molecular complexity index is 634. The second kappa shape index (κ2) is 5.58. The molecule has 0 spiro atoms. The van der Waals surface area contributed by atoms with Crippen molar-refractivity contribution in [2.75, 3.05) is 5.73 Å². The van der Waals surface area contributed by atoms with Crippen molar-refractivity contribution < 1.29 is 0 Å². The van der Waals surface area contributed by atoms with Crippen LogP contribution in [0.3, 0.4) is 0 Å². The molecule has 0 saturated heterocycles. The second-order valence-electron chi connectivity index (χ2n) is 5.94. The number of anilines is 1. The van der Waals surface area contributed by atoms with Crippen molar-refractivity contribution in [3.8, 4) is 11.3 Å². The Morgan fingerprint density at radius 3 is 2.50 bits per heavy atom. The normalized spacial score (nSPS) is 11.7. The SMILES string of the molecule is CC(C)(C)Cc1cc(-c2cccc(Cl)c2Cl)nc(N)n1. The molecule has 0 saturated carbocycles. The zero-order valence-electron chi connectivity index (χ0n) is 11.7. The third kappa shape index (κ3) is 3.62. The van der Waals surface area contributed by atoms with E-state index in [-0.39, 0.29) is 11.4 Å². The van der Waals surface area contributed by atoms with Gasteiger partial charge in [-0.3, -0.25) is 0 Å². The van der Waals surface area contributed by atoms with Gasteiger partial charge in [0.25, 0.3) is 0 Å². The Hall–Kier alpha value is -1.32. The predicted molar refractivity (Wildman–Crippen MR) is 85.1 cm³/mol. The Morgan fingerprint density at radius 2 is 1.85 bits per heavy atom. The number of aromatic nitrogens is 2. The molecule has 0 aliphatic rings. The van der Waals surface area contributed by atoms with Gasteiger partial charge < -0.3 is 5.73 Å². The van der Waals surface area contributed by atoms with Gasteiger partial charge in [-0.05, 0) is 24.0 Å². The Morgan fingerprint density at radius 1 is 1.15 bits per heavy atom. The highest BCUT2D eigenvalue weighted by molar-refractivity contribution is 6.43. The first kappa shape index (κ1) is 15.1. The van der Waals surface area contributed by atoms with Crippen LogP contribution in [0.15, 0.2) is 24.3 Å². The van der Waals surface area contributed by atoms with E-state index in [1.54, 1.807) is 6.07 Å². The lowest BCUT2D eigenvalue weighted by atomic mass is 9.90. The summed E-state index contributed by atoms with van der Waals surface area (Å²) in [6.45, 7) is 6.45. The van der Waals surface area contributed by atoms with Crippen LogP contribution in [0.5, 0.6) is 0 Å². The van der Waals surface area contributed by atoms with Gasteiger partial charge >= 0.3 is 0 Å². The fourth-order valence-electron chi connectivity index (χ4n) is 1.99. The van der Waals surface area contributed by atoms with Gasteiger partial charge in [-0.15, -0.1) is 0 Å². The number of benzene rings is 1. The van der Waals surface area contributed by atoms with Crippen molar-refractivity contribution in [2.24, 2.45) is 5.41 Å². The van der Waals surface area contributed by atoms with Crippen LogP contribution in [-0.2, 0) is 6.42 Å². The molecule has 0 fully saturated rings. The molecule has 0 aliphatic heterocycles. The number of rotatable bonds is 2. The van der Waals surface area contributed by atoms with Gasteiger partial charge in [-0.2, -0.15) is 0 Å². The van der Waals surface area contributed by atoms with Gasteiger partial charge in [0.1, 0.15) is 0 Å². The molecule has 3 nitrogen and oxygen atoms in total. The van der Waals surface area contributed by atoms with Crippen molar-refractivity contribution in [2.45, 2.75) is 27.2 Å². The lowest BCUT2D eigenvalue weighted by Crippen LogP contribution is -2.12. The summed E-state index contributed by atoms with van der Waals surface area (Å²) < 4.78 is 0. The van der Waals surface area contributed by atoms with Crippen LogP contribution in [0.2, 0.25) is 10.0 Å². The van der Waals surface area contributed by atoms with E-state index in [4.69, 9.17) is 28.9 Å². The number of hydrogen-bond acceptors (Lipinski definition) is 3. The molecular formula is C15H17Cl2N3. The summed E-state index contributed by atoms with van der Waals surface area (Å²) in [5.74, 6) is 0.248. The first-order valence-corrected chi connectivity index (χ1v) is 7.10. The lowest BCUT2D eigenvalue weighted by Gasteiger charge is -2.18. The number of nitrogens with two attached hydrogens (primary N) is 1. The van der Waals surface area contributed by atoms with Crippen LogP contribution in [0.1, 0.15) is 26.5 Å². The fraction of sp³-hybridized carbons (Fsp3) is 0.333. The largest absolute Gasteiger partial charge is 0.368 e. The average molecular weight is 310 g/mol. The summed E-state index contributed by atoms with van der Waals surface area (Å²) in [6, 6.07) is 7.37. The van der Waals surface area contributed by atoms with E-state index in [2.05, 4.69) is 30.7 Å². The molecule has 2 aromatic rings. The monoisotopic (exact) mass is 309 g/mol. The molecule has 5 heteroatoms. The summed E-state index contributed by atoms with van der Waals surface area (Å²) in [7, 11) is 0. The zero-order valence-corrected chi connectivity index (χ0v) is 13.3. The summed E-state index contributed by atoms with van der Waals surface area (Å²) in [5.41, 5.74) is 8.29. The molecule has 0 amide bonds. The first-order valence-electron chi connectivity index (χ1n) is 6.34. The minimum Gasteiger partial charge on any atom is -0.368 e. The van der Waals surface area contributed by atoms with E-state index in [0.29, 0.717) is 15.7 Å². The Labute approximate surface area is 129 Å². The van der Waals surface area contributed by atoms with E-state index >= 15 is 0 Å². The highest BCUT2D eigenvalue weighted by Crippen LogP contribution is 2.33. The van der Waals surface area contributed by atoms with Gasteiger partial charge in [0.2, 0.25) is 5.95 Å². The van der Waals surface area contributed by atoms with E-state index in [9.17, 15) is 0 Å². The number of halogens is 2. The molecule has 106 valence electrons. The lowest BCUT2D eigenvalue weighted by molar-refractivity contribution is 0.406. The van der Waals surface area contributed by atoms with Crippen LogP contribution in [0.25, 0.3) is 11.3 Å². The maximum Gasteiger partial charge on any atom is 0.220 e. The summed E-state index contributed by atoms with van der Waals surface area (Å²) in [4.78, 5) is 8.55. The second-order valence-corrected chi connectivity index (χ2v) is 6.73. The molecule has 0 radical (unpaired) electrons. The van der Waals surface area contributed by atoms with Crippen LogP contribution < -0.4 is 5.73 Å². The van der Waals surface area contributed by atoms with Gasteiger partial charge in [-0.1, -0.05) is 56.1 Å². The van der Waals surface area contributed by atoms with Crippen LogP contribution in [0, 0.1) is 5.41 Å². The molecule has 2 rings (SSSR count). The van der Waals surface area contributed by atoms with E-state index in [0.717, 1.165) is 17.7 Å². The molecule has 1 aromatic carbocycles.